The number of nitrogens with zero attached hydrogens (tertiary/aromatic N) is 5. The highest BCUT2D eigenvalue weighted by Gasteiger charge is 2.31. The first-order chi connectivity index (χ1) is 10.6. The fraction of sp³-hybridized carbons (Fsp3) is 0.333. The number of rotatable bonds is 3. The molecule has 22 heavy (non-hydrogen) atoms. The van der Waals surface area contributed by atoms with Crippen LogP contribution in [0.1, 0.15) is 21.7 Å². The molecule has 0 bridgehead atoms. The number of amides is 1. The van der Waals surface area contributed by atoms with Crippen LogP contribution in [0.25, 0.3) is 0 Å². The number of carbonyl (C=O) groups is 1. The Morgan fingerprint density at radius 3 is 2.82 bits per heavy atom. The Balaban J connectivity index is 1.62. The van der Waals surface area contributed by atoms with E-state index in [2.05, 4.69) is 21.5 Å². The van der Waals surface area contributed by atoms with Crippen molar-refractivity contribution >= 4 is 11.7 Å². The predicted octanol–water partition coefficient (Wildman–Crippen LogP) is 0.614. The molecule has 112 valence electrons. The van der Waals surface area contributed by atoms with Gasteiger partial charge in [0, 0.05) is 32.0 Å². The molecule has 1 N–H and O–H groups in total. The Kier molecular flexibility index (Phi) is 3.51. The third-order valence-corrected chi connectivity index (χ3v) is 3.60. The van der Waals surface area contributed by atoms with Crippen LogP contribution in [0.15, 0.2) is 24.4 Å². The van der Waals surface area contributed by atoms with Gasteiger partial charge in [-0.05, 0) is 25.1 Å². The van der Waals surface area contributed by atoms with Gasteiger partial charge < -0.3 is 10.2 Å². The Hall–Kier alpha value is -2.88. The van der Waals surface area contributed by atoms with Gasteiger partial charge >= 0.3 is 0 Å². The summed E-state index contributed by atoms with van der Waals surface area (Å²) in [7, 11) is 1.77. The highest BCUT2D eigenvalue weighted by Crippen LogP contribution is 2.23. The molecule has 0 aromatic carbocycles. The molecule has 2 aromatic heterocycles. The van der Waals surface area contributed by atoms with Crippen molar-refractivity contribution in [2.75, 3.05) is 18.0 Å². The molecule has 1 fully saturated rings. The van der Waals surface area contributed by atoms with E-state index in [1.165, 1.54) is 0 Å². The number of aryl methyl sites for hydroxylation is 2. The maximum absolute atomic E-state index is 12.0. The maximum atomic E-state index is 12.0. The van der Waals surface area contributed by atoms with Crippen molar-refractivity contribution in [1.82, 2.24) is 20.1 Å². The van der Waals surface area contributed by atoms with Gasteiger partial charge in [0.25, 0.3) is 5.91 Å². The molecule has 0 spiro atoms. The summed E-state index contributed by atoms with van der Waals surface area (Å²) in [6, 6.07) is 7.48. The van der Waals surface area contributed by atoms with E-state index in [9.17, 15) is 4.79 Å². The number of hydrogen-bond acceptors (Lipinski definition) is 5. The lowest BCUT2D eigenvalue weighted by Crippen LogP contribution is -2.60. The summed E-state index contributed by atoms with van der Waals surface area (Å²) in [5.74, 6) is 0.508. The number of nitriles is 1. The number of pyridine rings is 1. The van der Waals surface area contributed by atoms with Gasteiger partial charge in [-0.1, -0.05) is 0 Å². The molecule has 1 aliphatic heterocycles. The molecular weight excluding hydrogens is 280 g/mol. The lowest BCUT2D eigenvalue weighted by atomic mass is 10.1. The van der Waals surface area contributed by atoms with Gasteiger partial charge in [0.2, 0.25) is 0 Å². The van der Waals surface area contributed by atoms with Gasteiger partial charge in [-0.15, -0.1) is 0 Å². The van der Waals surface area contributed by atoms with Gasteiger partial charge in [-0.2, -0.15) is 10.4 Å². The minimum Gasteiger partial charge on any atom is -0.351 e. The fourth-order valence-corrected chi connectivity index (χ4v) is 2.41. The van der Waals surface area contributed by atoms with Crippen molar-refractivity contribution in [3.05, 3.63) is 41.3 Å². The lowest BCUT2D eigenvalue weighted by molar-refractivity contribution is 0.0924. The monoisotopic (exact) mass is 296 g/mol. The minimum atomic E-state index is -0.178. The fourth-order valence-electron chi connectivity index (χ4n) is 2.41. The molecule has 0 aliphatic carbocycles. The normalized spacial score (nSPS) is 14.3. The molecule has 0 unspecified atom stereocenters. The molecule has 1 aliphatic rings. The number of nitrogens with one attached hydrogen (secondary N) is 1. The SMILES string of the molecule is Cc1ccc(C#N)c(N2CC(NC(=O)c3ccn(C)n3)C2)n1. The summed E-state index contributed by atoms with van der Waals surface area (Å²) >= 11 is 0. The molecule has 1 saturated heterocycles. The largest absolute Gasteiger partial charge is 0.351 e. The molecule has 3 heterocycles. The second-order valence-corrected chi connectivity index (χ2v) is 5.39. The Labute approximate surface area is 128 Å². The van der Waals surface area contributed by atoms with Crippen molar-refractivity contribution in [1.29, 1.82) is 5.26 Å². The molecule has 0 radical (unpaired) electrons. The molecular formula is C15H16N6O. The van der Waals surface area contributed by atoms with Crippen LogP contribution in [0.2, 0.25) is 0 Å². The van der Waals surface area contributed by atoms with E-state index in [0.29, 0.717) is 30.2 Å². The van der Waals surface area contributed by atoms with Gasteiger partial charge in [0.15, 0.2) is 0 Å². The van der Waals surface area contributed by atoms with Crippen LogP contribution in [-0.4, -0.2) is 39.8 Å². The van der Waals surface area contributed by atoms with E-state index in [1.807, 2.05) is 17.9 Å². The molecule has 2 aromatic rings. The average molecular weight is 296 g/mol. The summed E-state index contributed by atoms with van der Waals surface area (Å²) in [5.41, 5.74) is 1.84. The van der Waals surface area contributed by atoms with Crippen molar-refractivity contribution in [3.8, 4) is 6.07 Å². The molecule has 3 rings (SSSR count). The number of anilines is 1. The zero-order valence-electron chi connectivity index (χ0n) is 12.4. The van der Waals surface area contributed by atoms with E-state index in [1.54, 1.807) is 30.1 Å². The van der Waals surface area contributed by atoms with Gasteiger partial charge in [-0.25, -0.2) is 4.98 Å². The van der Waals surface area contributed by atoms with Crippen LogP contribution in [0.5, 0.6) is 0 Å². The number of carbonyl (C=O) groups excluding carboxylic acids is 1. The first kappa shape index (κ1) is 14.1. The third kappa shape index (κ3) is 2.63. The van der Waals surface area contributed by atoms with Crippen LogP contribution < -0.4 is 10.2 Å². The Morgan fingerprint density at radius 2 is 2.18 bits per heavy atom. The second kappa shape index (κ2) is 5.48. The molecule has 0 atom stereocenters. The predicted molar refractivity (Wildman–Crippen MR) is 80.4 cm³/mol. The van der Waals surface area contributed by atoms with Crippen LogP contribution in [0.3, 0.4) is 0 Å². The summed E-state index contributed by atoms with van der Waals surface area (Å²) in [4.78, 5) is 18.4. The maximum Gasteiger partial charge on any atom is 0.272 e. The highest BCUT2D eigenvalue weighted by atomic mass is 16.2. The highest BCUT2D eigenvalue weighted by molar-refractivity contribution is 5.92. The zero-order chi connectivity index (χ0) is 15.7. The van der Waals surface area contributed by atoms with E-state index < -0.39 is 0 Å². The molecule has 7 heteroatoms. The minimum absolute atomic E-state index is 0.0448. The third-order valence-electron chi connectivity index (χ3n) is 3.60. The van der Waals surface area contributed by atoms with E-state index in [-0.39, 0.29) is 11.9 Å². The summed E-state index contributed by atoms with van der Waals surface area (Å²) in [6.45, 7) is 3.18. The average Bonchev–Trinajstić information content (AvgIpc) is 2.89. The van der Waals surface area contributed by atoms with Crippen LogP contribution in [0, 0.1) is 18.3 Å². The van der Waals surface area contributed by atoms with E-state index >= 15 is 0 Å². The standard InChI is InChI=1S/C15H16N6O/c1-10-3-4-11(7-16)14(17-10)21-8-12(9-21)18-15(22)13-5-6-20(2)19-13/h3-6,12H,8-9H2,1-2H3,(H,18,22). The smallest absolute Gasteiger partial charge is 0.272 e. The lowest BCUT2D eigenvalue weighted by Gasteiger charge is -2.40. The van der Waals surface area contributed by atoms with Gasteiger partial charge in [-0.3, -0.25) is 9.48 Å². The molecule has 0 saturated carbocycles. The summed E-state index contributed by atoms with van der Waals surface area (Å²) in [5, 5.41) is 16.1. The number of hydrogen-bond donors (Lipinski definition) is 1. The first-order valence-electron chi connectivity index (χ1n) is 7.00. The van der Waals surface area contributed by atoms with Crippen molar-refractivity contribution in [2.24, 2.45) is 7.05 Å². The Bertz CT molecular complexity index is 754. The van der Waals surface area contributed by atoms with Crippen LogP contribution >= 0.6 is 0 Å². The van der Waals surface area contributed by atoms with Crippen molar-refractivity contribution in [3.63, 3.8) is 0 Å². The van der Waals surface area contributed by atoms with E-state index in [4.69, 9.17) is 5.26 Å². The van der Waals surface area contributed by atoms with Gasteiger partial charge in [0.1, 0.15) is 17.6 Å². The Morgan fingerprint density at radius 1 is 1.41 bits per heavy atom. The van der Waals surface area contributed by atoms with E-state index in [0.717, 1.165) is 5.69 Å². The second-order valence-electron chi connectivity index (χ2n) is 5.39. The topological polar surface area (TPSA) is 86.8 Å². The molecule has 7 nitrogen and oxygen atoms in total. The number of aromatic nitrogens is 3. The summed E-state index contributed by atoms with van der Waals surface area (Å²) < 4.78 is 1.60. The zero-order valence-corrected chi connectivity index (χ0v) is 12.4. The first-order valence-corrected chi connectivity index (χ1v) is 7.00. The van der Waals surface area contributed by atoms with Crippen LogP contribution in [0.4, 0.5) is 5.82 Å². The molecule has 1 amide bonds. The van der Waals surface area contributed by atoms with Crippen LogP contribution in [-0.2, 0) is 7.05 Å². The summed E-state index contributed by atoms with van der Waals surface area (Å²) in [6.07, 6.45) is 1.73. The van der Waals surface area contributed by atoms with Gasteiger partial charge in [0.05, 0.1) is 11.6 Å². The van der Waals surface area contributed by atoms with Crippen molar-refractivity contribution in [2.45, 2.75) is 13.0 Å². The quantitative estimate of drug-likeness (QED) is 0.897. The van der Waals surface area contributed by atoms with Crippen molar-refractivity contribution < 1.29 is 4.79 Å².